The highest BCUT2D eigenvalue weighted by molar-refractivity contribution is 9.10. The summed E-state index contributed by atoms with van der Waals surface area (Å²) in [5, 5.41) is 0. The number of hydrogen-bond donors (Lipinski definition) is 0. The standard InChI is InChI=1S/C18H18BrNO3/c1-22-16-5-3-2-4-15(16)18(21)20-10-11-23-17(12-20)13-6-8-14(19)9-7-13/h2-9,17H,10-12H2,1H3. The van der Waals surface area contributed by atoms with Crippen LogP contribution in [-0.4, -0.2) is 37.6 Å². The molecule has 0 spiro atoms. The maximum absolute atomic E-state index is 12.8. The Morgan fingerprint density at radius 2 is 1.96 bits per heavy atom. The van der Waals surface area contributed by atoms with Crippen molar-refractivity contribution in [1.82, 2.24) is 4.90 Å². The third-order valence-corrected chi connectivity index (χ3v) is 4.46. The van der Waals surface area contributed by atoms with E-state index in [2.05, 4.69) is 15.9 Å². The minimum Gasteiger partial charge on any atom is -0.496 e. The Balaban J connectivity index is 1.78. The minimum absolute atomic E-state index is 0.0205. The van der Waals surface area contributed by atoms with E-state index < -0.39 is 0 Å². The van der Waals surface area contributed by atoms with Crippen molar-refractivity contribution in [3.8, 4) is 5.75 Å². The molecule has 1 amide bonds. The molecule has 1 aliphatic heterocycles. The summed E-state index contributed by atoms with van der Waals surface area (Å²) in [6.45, 7) is 1.66. The Morgan fingerprint density at radius 3 is 2.70 bits per heavy atom. The zero-order chi connectivity index (χ0) is 16.2. The van der Waals surface area contributed by atoms with Gasteiger partial charge in [-0.05, 0) is 29.8 Å². The molecule has 0 saturated carbocycles. The van der Waals surface area contributed by atoms with Crippen LogP contribution in [0.3, 0.4) is 0 Å². The molecule has 1 atom stereocenters. The quantitative estimate of drug-likeness (QED) is 0.821. The van der Waals surface area contributed by atoms with Crippen LogP contribution in [0.1, 0.15) is 22.0 Å². The fourth-order valence-corrected chi connectivity index (χ4v) is 2.97. The molecule has 0 bridgehead atoms. The van der Waals surface area contributed by atoms with Crippen molar-refractivity contribution < 1.29 is 14.3 Å². The fourth-order valence-electron chi connectivity index (χ4n) is 2.70. The van der Waals surface area contributed by atoms with Gasteiger partial charge in [-0.25, -0.2) is 0 Å². The number of benzene rings is 2. The molecule has 120 valence electrons. The van der Waals surface area contributed by atoms with Gasteiger partial charge in [-0.2, -0.15) is 0 Å². The minimum atomic E-state index is -0.101. The number of rotatable bonds is 3. The largest absolute Gasteiger partial charge is 0.496 e. The van der Waals surface area contributed by atoms with Gasteiger partial charge in [0.05, 0.1) is 25.8 Å². The van der Waals surface area contributed by atoms with Crippen molar-refractivity contribution in [3.05, 3.63) is 64.1 Å². The van der Waals surface area contributed by atoms with Gasteiger partial charge in [-0.1, -0.05) is 40.2 Å². The van der Waals surface area contributed by atoms with E-state index in [0.29, 0.717) is 31.0 Å². The van der Waals surface area contributed by atoms with E-state index in [1.807, 2.05) is 41.3 Å². The number of amides is 1. The van der Waals surface area contributed by atoms with Crippen molar-refractivity contribution in [2.45, 2.75) is 6.10 Å². The summed E-state index contributed by atoms with van der Waals surface area (Å²) in [6.07, 6.45) is -0.101. The number of methoxy groups -OCH3 is 1. The summed E-state index contributed by atoms with van der Waals surface area (Å²) in [4.78, 5) is 14.6. The highest BCUT2D eigenvalue weighted by Gasteiger charge is 2.27. The lowest BCUT2D eigenvalue weighted by Gasteiger charge is -2.33. The number of morpholine rings is 1. The van der Waals surface area contributed by atoms with Crippen LogP contribution < -0.4 is 4.74 Å². The first-order valence-electron chi connectivity index (χ1n) is 7.48. The van der Waals surface area contributed by atoms with Crippen LogP contribution in [0.2, 0.25) is 0 Å². The Morgan fingerprint density at radius 1 is 1.22 bits per heavy atom. The van der Waals surface area contributed by atoms with Crippen molar-refractivity contribution in [2.75, 3.05) is 26.8 Å². The Labute approximate surface area is 144 Å². The Hall–Kier alpha value is -1.85. The second-order valence-electron chi connectivity index (χ2n) is 5.36. The number of carbonyl (C=O) groups is 1. The van der Waals surface area contributed by atoms with Crippen molar-refractivity contribution in [2.24, 2.45) is 0 Å². The van der Waals surface area contributed by atoms with Gasteiger partial charge in [0.2, 0.25) is 0 Å². The van der Waals surface area contributed by atoms with E-state index in [1.54, 1.807) is 19.2 Å². The number of nitrogens with zero attached hydrogens (tertiary/aromatic N) is 1. The molecule has 5 heteroatoms. The van der Waals surface area contributed by atoms with Gasteiger partial charge in [0, 0.05) is 11.0 Å². The van der Waals surface area contributed by atoms with E-state index in [9.17, 15) is 4.79 Å². The molecule has 23 heavy (non-hydrogen) atoms. The third-order valence-electron chi connectivity index (χ3n) is 3.93. The molecule has 4 nitrogen and oxygen atoms in total. The highest BCUT2D eigenvalue weighted by atomic mass is 79.9. The predicted molar refractivity (Wildman–Crippen MR) is 91.7 cm³/mol. The molecule has 2 aromatic carbocycles. The summed E-state index contributed by atoms with van der Waals surface area (Å²) in [5.41, 5.74) is 1.66. The number of halogens is 1. The molecule has 3 rings (SSSR count). The lowest BCUT2D eigenvalue weighted by molar-refractivity contribution is -0.0229. The predicted octanol–water partition coefficient (Wildman–Crippen LogP) is 3.67. The zero-order valence-corrected chi connectivity index (χ0v) is 14.5. The maximum atomic E-state index is 12.8. The van der Waals surface area contributed by atoms with Gasteiger partial charge in [0.1, 0.15) is 11.9 Å². The van der Waals surface area contributed by atoms with Crippen LogP contribution in [0.5, 0.6) is 5.75 Å². The molecule has 1 heterocycles. The number of ether oxygens (including phenoxy) is 2. The van der Waals surface area contributed by atoms with Gasteiger partial charge in [0.25, 0.3) is 5.91 Å². The normalized spacial score (nSPS) is 17.8. The van der Waals surface area contributed by atoms with Gasteiger partial charge in [0.15, 0.2) is 0 Å². The average molecular weight is 376 g/mol. The van der Waals surface area contributed by atoms with Crippen molar-refractivity contribution in [1.29, 1.82) is 0 Å². The van der Waals surface area contributed by atoms with Gasteiger partial charge in [-0.15, -0.1) is 0 Å². The molecule has 2 aromatic rings. The third kappa shape index (κ3) is 3.57. The van der Waals surface area contributed by atoms with Crippen LogP contribution in [0.25, 0.3) is 0 Å². The highest BCUT2D eigenvalue weighted by Crippen LogP contribution is 2.26. The summed E-state index contributed by atoms with van der Waals surface area (Å²) in [6, 6.07) is 15.3. The monoisotopic (exact) mass is 375 g/mol. The first-order valence-corrected chi connectivity index (χ1v) is 8.27. The first-order chi connectivity index (χ1) is 11.2. The molecule has 1 aliphatic rings. The Bertz CT molecular complexity index is 687. The molecule has 0 radical (unpaired) electrons. The SMILES string of the molecule is COc1ccccc1C(=O)N1CCOC(c2ccc(Br)cc2)C1. The molecule has 1 unspecified atom stereocenters. The molecule has 1 saturated heterocycles. The van der Waals surface area contributed by atoms with Gasteiger partial charge in [-0.3, -0.25) is 4.79 Å². The summed E-state index contributed by atoms with van der Waals surface area (Å²) in [5.74, 6) is 0.581. The van der Waals surface area contributed by atoms with E-state index in [4.69, 9.17) is 9.47 Å². The van der Waals surface area contributed by atoms with E-state index in [0.717, 1.165) is 10.0 Å². The van der Waals surface area contributed by atoms with Crippen LogP contribution in [0.15, 0.2) is 53.0 Å². The summed E-state index contributed by atoms with van der Waals surface area (Å²) in [7, 11) is 1.58. The molecule has 0 aromatic heterocycles. The van der Waals surface area contributed by atoms with E-state index in [1.165, 1.54) is 0 Å². The average Bonchev–Trinajstić information content (AvgIpc) is 2.62. The van der Waals surface area contributed by atoms with Crippen LogP contribution in [-0.2, 0) is 4.74 Å². The van der Waals surface area contributed by atoms with Crippen LogP contribution in [0, 0.1) is 0 Å². The number of para-hydroxylation sites is 1. The van der Waals surface area contributed by atoms with E-state index in [-0.39, 0.29) is 12.0 Å². The maximum Gasteiger partial charge on any atom is 0.257 e. The second kappa shape index (κ2) is 7.15. The smallest absolute Gasteiger partial charge is 0.257 e. The molecular weight excluding hydrogens is 358 g/mol. The second-order valence-corrected chi connectivity index (χ2v) is 6.28. The van der Waals surface area contributed by atoms with Crippen LogP contribution >= 0.6 is 15.9 Å². The Kier molecular flexibility index (Phi) is 4.98. The van der Waals surface area contributed by atoms with Crippen molar-refractivity contribution >= 4 is 21.8 Å². The molecule has 0 N–H and O–H groups in total. The number of hydrogen-bond acceptors (Lipinski definition) is 3. The molecule has 0 aliphatic carbocycles. The zero-order valence-electron chi connectivity index (χ0n) is 12.9. The van der Waals surface area contributed by atoms with Gasteiger partial charge < -0.3 is 14.4 Å². The summed E-state index contributed by atoms with van der Waals surface area (Å²) < 4.78 is 12.2. The summed E-state index contributed by atoms with van der Waals surface area (Å²) >= 11 is 3.43. The topological polar surface area (TPSA) is 38.8 Å². The lowest BCUT2D eigenvalue weighted by atomic mass is 10.1. The van der Waals surface area contributed by atoms with Crippen molar-refractivity contribution in [3.63, 3.8) is 0 Å². The van der Waals surface area contributed by atoms with Gasteiger partial charge >= 0.3 is 0 Å². The molecule has 1 fully saturated rings. The van der Waals surface area contributed by atoms with Crippen LogP contribution in [0.4, 0.5) is 0 Å². The van der Waals surface area contributed by atoms with E-state index >= 15 is 0 Å². The number of carbonyl (C=O) groups excluding carboxylic acids is 1. The fraction of sp³-hybridized carbons (Fsp3) is 0.278. The molecular formula is C18H18BrNO3. The lowest BCUT2D eigenvalue weighted by Crippen LogP contribution is -2.42. The first kappa shape index (κ1) is 16.0.